The lowest BCUT2D eigenvalue weighted by Gasteiger charge is -2.27. The topological polar surface area (TPSA) is 98.3 Å². The number of fused-ring (bicyclic) bond motifs is 2. The van der Waals surface area contributed by atoms with Crippen molar-refractivity contribution in [2.45, 2.75) is 44.4 Å². The van der Waals surface area contributed by atoms with Crippen molar-refractivity contribution in [3.05, 3.63) is 48.5 Å². The summed E-state index contributed by atoms with van der Waals surface area (Å²) in [6.07, 6.45) is 9.64. The van der Waals surface area contributed by atoms with E-state index in [1.807, 2.05) is 18.3 Å². The van der Waals surface area contributed by atoms with Crippen LogP contribution >= 0.6 is 0 Å². The summed E-state index contributed by atoms with van der Waals surface area (Å²) in [5, 5.41) is 1.15. The lowest BCUT2D eigenvalue weighted by atomic mass is 9.79. The molecule has 0 atom stereocenters. The number of imidazole rings is 1. The molecular weight excluding hydrogens is 402 g/mol. The molecule has 0 amide bonds. The maximum absolute atomic E-state index is 11.8. The molecule has 1 aliphatic carbocycles. The number of carbonyl (C=O) groups excluding carboxylic acids is 1. The van der Waals surface area contributed by atoms with E-state index < -0.39 is 0 Å². The standard InChI is InChI=1S/C25H29N5O2/c1-32-15-19(31)11-8-16-6-9-17(10-7-16)25-29-22(23-24(26)27-12-13-30(23)25)21-14-18-4-2-3-5-20(18)28-21/h2-5,12-14,16-17,28H,6-11,15H2,1H3,(H2,26,27). The SMILES string of the molecule is COCC(=O)CCC1CCC(c2nc(-c3cc4ccccc4[nH]3)c3c(N)nccn23)CC1. The van der Waals surface area contributed by atoms with Crippen molar-refractivity contribution in [3.63, 3.8) is 0 Å². The highest BCUT2D eigenvalue weighted by Crippen LogP contribution is 2.39. The van der Waals surface area contributed by atoms with E-state index in [1.165, 1.54) is 0 Å². The van der Waals surface area contributed by atoms with Crippen LogP contribution in [-0.2, 0) is 9.53 Å². The average Bonchev–Trinajstić information content (AvgIpc) is 3.41. The van der Waals surface area contributed by atoms with Crippen LogP contribution in [0.25, 0.3) is 27.8 Å². The number of nitrogens with two attached hydrogens (primary N) is 1. The van der Waals surface area contributed by atoms with Crippen molar-refractivity contribution < 1.29 is 9.53 Å². The molecule has 4 aromatic rings. The van der Waals surface area contributed by atoms with Gasteiger partial charge in [-0.05, 0) is 50.2 Å². The number of aromatic amines is 1. The Balaban J connectivity index is 1.41. The molecule has 0 radical (unpaired) electrons. The molecule has 0 bridgehead atoms. The van der Waals surface area contributed by atoms with Gasteiger partial charge in [0.1, 0.15) is 29.5 Å². The lowest BCUT2D eigenvalue weighted by molar-refractivity contribution is -0.123. The summed E-state index contributed by atoms with van der Waals surface area (Å²) in [6, 6.07) is 10.3. The van der Waals surface area contributed by atoms with Crippen LogP contribution in [0.3, 0.4) is 0 Å². The van der Waals surface area contributed by atoms with Gasteiger partial charge in [0.2, 0.25) is 0 Å². The molecule has 5 rings (SSSR count). The Morgan fingerprint density at radius 3 is 2.84 bits per heavy atom. The number of aromatic nitrogens is 4. The van der Waals surface area contributed by atoms with Gasteiger partial charge in [-0.15, -0.1) is 0 Å². The Kier molecular flexibility index (Phi) is 5.66. The van der Waals surface area contributed by atoms with Crippen molar-refractivity contribution in [3.8, 4) is 11.4 Å². The van der Waals surface area contributed by atoms with Gasteiger partial charge in [-0.1, -0.05) is 18.2 Å². The fourth-order valence-corrected chi connectivity index (χ4v) is 5.07. The Morgan fingerprint density at radius 2 is 2.06 bits per heavy atom. The quantitative estimate of drug-likeness (QED) is 0.441. The number of benzene rings is 1. The summed E-state index contributed by atoms with van der Waals surface area (Å²) >= 11 is 0. The third-order valence-corrected chi connectivity index (χ3v) is 6.74. The zero-order valence-electron chi connectivity index (χ0n) is 18.4. The second-order valence-electron chi connectivity index (χ2n) is 8.85. The van der Waals surface area contributed by atoms with Crippen LogP contribution in [0.5, 0.6) is 0 Å². The number of carbonyl (C=O) groups is 1. The monoisotopic (exact) mass is 431 g/mol. The second kappa shape index (κ2) is 8.74. The van der Waals surface area contributed by atoms with Crippen molar-refractivity contribution in [2.75, 3.05) is 19.5 Å². The summed E-state index contributed by atoms with van der Waals surface area (Å²) in [6.45, 7) is 0.224. The third kappa shape index (κ3) is 3.88. The van der Waals surface area contributed by atoms with E-state index in [0.29, 0.717) is 24.1 Å². The number of ketones is 1. The highest BCUT2D eigenvalue weighted by Gasteiger charge is 2.28. The average molecular weight is 432 g/mol. The zero-order valence-corrected chi connectivity index (χ0v) is 18.4. The molecule has 1 aromatic carbocycles. The molecule has 7 heteroatoms. The predicted molar refractivity (Wildman–Crippen MR) is 126 cm³/mol. The highest BCUT2D eigenvalue weighted by molar-refractivity contribution is 5.91. The van der Waals surface area contributed by atoms with Crippen LogP contribution in [0.4, 0.5) is 5.82 Å². The summed E-state index contributed by atoms with van der Waals surface area (Å²) in [5.41, 5.74) is 10.1. The predicted octanol–water partition coefficient (Wildman–Crippen LogP) is 4.73. The minimum absolute atomic E-state index is 0.194. The first-order valence-corrected chi connectivity index (χ1v) is 11.3. The largest absolute Gasteiger partial charge is 0.382 e. The number of nitrogen functional groups attached to an aromatic ring is 1. The Morgan fingerprint density at radius 1 is 1.25 bits per heavy atom. The molecule has 3 N–H and O–H groups in total. The summed E-state index contributed by atoms with van der Waals surface area (Å²) in [5.74, 6) is 2.70. The molecule has 0 aliphatic heterocycles. The van der Waals surface area contributed by atoms with E-state index in [2.05, 4.69) is 32.6 Å². The maximum Gasteiger partial charge on any atom is 0.158 e. The highest BCUT2D eigenvalue weighted by atomic mass is 16.5. The van der Waals surface area contributed by atoms with Crippen LogP contribution in [0.2, 0.25) is 0 Å². The van der Waals surface area contributed by atoms with Gasteiger partial charge in [-0.2, -0.15) is 0 Å². The molecule has 1 saturated carbocycles. The number of Topliss-reactive ketones (excluding diaryl/α,β-unsaturated/α-hetero) is 1. The van der Waals surface area contributed by atoms with Gasteiger partial charge in [0.05, 0.1) is 5.69 Å². The van der Waals surface area contributed by atoms with Crippen molar-refractivity contribution in [1.82, 2.24) is 19.4 Å². The number of nitrogens with one attached hydrogen (secondary N) is 1. The maximum atomic E-state index is 11.8. The number of rotatable bonds is 7. The molecule has 166 valence electrons. The second-order valence-corrected chi connectivity index (χ2v) is 8.85. The fraction of sp³-hybridized carbons (Fsp3) is 0.400. The lowest BCUT2D eigenvalue weighted by Crippen LogP contribution is -2.17. The molecule has 7 nitrogen and oxygen atoms in total. The number of ether oxygens (including phenoxy) is 1. The Hall–Kier alpha value is -3.19. The molecule has 3 heterocycles. The van der Waals surface area contributed by atoms with E-state index in [9.17, 15) is 4.79 Å². The Labute approximate surface area is 187 Å². The van der Waals surface area contributed by atoms with Crippen molar-refractivity contribution in [1.29, 1.82) is 0 Å². The smallest absolute Gasteiger partial charge is 0.158 e. The van der Waals surface area contributed by atoms with Gasteiger partial charge in [0, 0.05) is 42.7 Å². The molecule has 0 unspecified atom stereocenters. The summed E-state index contributed by atoms with van der Waals surface area (Å²) < 4.78 is 7.07. The molecular formula is C25H29N5O2. The minimum Gasteiger partial charge on any atom is -0.382 e. The van der Waals surface area contributed by atoms with Crippen LogP contribution < -0.4 is 5.73 Å². The van der Waals surface area contributed by atoms with E-state index in [-0.39, 0.29) is 12.4 Å². The first-order chi connectivity index (χ1) is 15.6. The molecule has 0 spiro atoms. The van der Waals surface area contributed by atoms with Gasteiger partial charge in [-0.25, -0.2) is 9.97 Å². The Bertz CT molecular complexity index is 1220. The van der Waals surface area contributed by atoms with Gasteiger partial charge < -0.3 is 15.5 Å². The summed E-state index contributed by atoms with van der Waals surface area (Å²) in [7, 11) is 1.57. The first-order valence-electron chi connectivity index (χ1n) is 11.3. The van der Waals surface area contributed by atoms with Crippen LogP contribution in [0.1, 0.15) is 50.3 Å². The van der Waals surface area contributed by atoms with Gasteiger partial charge in [-0.3, -0.25) is 9.20 Å². The summed E-state index contributed by atoms with van der Waals surface area (Å²) in [4.78, 5) is 24.7. The fourth-order valence-electron chi connectivity index (χ4n) is 5.07. The van der Waals surface area contributed by atoms with E-state index in [0.717, 1.165) is 65.7 Å². The van der Waals surface area contributed by atoms with E-state index in [1.54, 1.807) is 13.3 Å². The van der Waals surface area contributed by atoms with Crippen LogP contribution in [0.15, 0.2) is 42.7 Å². The first kappa shape index (κ1) is 20.7. The normalized spacial score (nSPS) is 19.0. The zero-order chi connectivity index (χ0) is 22.1. The van der Waals surface area contributed by atoms with Crippen molar-refractivity contribution in [2.24, 2.45) is 5.92 Å². The number of nitrogens with zero attached hydrogens (tertiary/aromatic N) is 3. The van der Waals surface area contributed by atoms with E-state index >= 15 is 0 Å². The van der Waals surface area contributed by atoms with Gasteiger partial charge in [0.25, 0.3) is 0 Å². The van der Waals surface area contributed by atoms with Gasteiger partial charge >= 0.3 is 0 Å². The number of methoxy groups -OCH3 is 1. The molecule has 0 saturated heterocycles. The number of anilines is 1. The number of hydrogen-bond donors (Lipinski definition) is 2. The molecule has 1 fully saturated rings. The number of H-pyrrole nitrogens is 1. The molecule has 32 heavy (non-hydrogen) atoms. The van der Waals surface area contributed by atoms with Crippen molar-refractivity contribution >= 4 is 28.0 Å². The van der Waals surface area contributed by atoms with Crippen LogP contribution in [0, 0.1) is 5.92 Å². The minimum atomic E-state index is 0.194. The molecule has 3 aromatic heterocycles. The number of hydrogen-bond acceptors (Lipinski definition) is 5. The van der Waals surface area contributed by atoms with E-state index in [4.69, 9.17) is 15.5 Å². The number of para-hydroxylation sites is 1. The molecule has 1 aliphatic rings. The van der Waals surface area contributed by atoms with Crippen LogP contribution in [-0.4, -0.2) is 38.9 Å². The third-order valence-electron chi connectivity index (χ3n) is 6.74. The van der Waals surface area contributed by atoms with Gasteiger partial charge in [0.15, 0.2) is 5.78 Å².